The van der Waals surface area contributed by atoms with Crippen LogP contribution >= 0.6 is 0 Å². The number of allylic oxidation sites excluding steroid dienone is 4. The van der Waals surface area contributed by atoms with Crippen LogP contribution in [-0.2, 0) is 9.53 Å². The summed E-state index contributed by atoms with van der Waals surface area (Å²) in [7, 11) is 0. The first kappa shape index (κ1) is 15.0. The summed E-state index contributed by atoms with van der Waals surface area (Å²) in [4.78, 5) is 11.8. The average Bonchev–Trinajstić information content (AvgIpc) is 2.28. The van der Waals surface area contributed by atoms with Crippen LogP contribution in [0.5, 0.6) is 0 Å². The normalized spacial score (nSPS) is 19.4. The summed E-state index contributed by atoms with van der Waals surface area (Å²) in [6.45, 7) is 8.07. The van der Waals surface area contributed by atoms with Gasteiger partial charge in [-0.3, -0.25) is 4.79 Å². The molecule has 1 aliphatic carbocycles. The largest absolute Gasteiger partial charge is 0.463 e. The van der Waals surface area contributed by atoms with Crippen molar-refractivity contribution in [1.82, 2.24) is 0 Å². The zero-order valence-electron chi connectivity index (χ0n) is 12.2. The van der Waals surface area contributed by atoms with Gasteiger partial charge in [-0.15, -0.1) is 0 Å². The van der Waals surface area contributed by atoms with Gasteiger partial charge in [-0.05, 0) is 59.8 Å². The van der Waals surface area contributed by atoms with Gasteiger partial charge in [0.15, 0.2) is 0 Å². The van der Waals surface area contributed by atoms with Gasteiger partial charge in [0, 0.05) is 0 Å². The molecule has 0 fully saturated rings. The molecule has 1 aliphatic rings. The Hall–Kier alpha value is -1.05. The zero-order chi connectivity index (χ0) is 13.5. The molecule has 18 heavy (non-hydrogen) atoms. The Labute approximate surface area is 111 Å². The molecule has 0 aromatic rings. The highest BCUT2D eigenvalue weighted by Gasteiger charge is 2.23. The number of rotatable bonds is 5. The fraction of sp³-hybridized carbons (Fsp3) is 0.688. The number of esters is 1. The van der Waals surface area contributed by atoms with Gasteiger partial charge in [-0.1, -0.05) is 23.3 Å². The molecule has 2 heteroatoms. The fourth-order valence-electron chi connectivity index (χ4n) is 2.20. The van der Waals surface area contributed by atoms with E-state index in [-0.39, 0.29) is 18.0 Å². The minimum Gasteiger partial charge on any atom is -0.463 e. The van der Waals surface area contributed by atoms with Crippen LogP contribution in [0.1, 0.15) is 59.8 Å². The monoisotopic (exact) mass is 250 g/mol. The van der Waals surface area contributed by atoms with Gasteiger partial charge >= 0.3 is 5.97 Å². The maximum absolute atomic E-state index is 11.8. The minimum atomic E-state index is -0.0235. The molecule has 0 aromatic heterocycles. The molecular formula is C16H26O2. The smallest absolute Gasteiger partial charge is 0.309 e. The molecule has 0 saturated carbocycles. The van der Waals surface area contributed by atoms with Crippen molar-refractivity contribution in [3.8, 4) is 0 Å². The zero-order valence-corrected chi connectivity index (χ0v) is 12.2. The van der Waals surface area contributed by atoms with Crippen molar-refractivity contribution in [1.29, 1.82) is 0 Å². The summed E-state index contributed by atoms with van der Waals surface area (Å²) in [6, 6.07) is 0. The maximum Gasteiger partial charge on any atom is 0.309 e. The van der Waals surface area contributed by atoms with Gasteiger partial charge in [0.1, 0.15) is 0 Å². The Bertz CT molecular complexity index is 333. The molecule has 0 aromatic carbocycles. The van der Waals surface area contributed by atoms with Crippen LogP contribution in [0.2, 0.25) is 0 Å². The predicted molar refractivity (Wildman–Crippen MR) is 75.3 cm³/mol. The van der Waals surface area contributed by atoms with E-state index in [1.54, 1.807) is 0 Å². The lowest BCUT2D eigenvalue weighted by molar-refractivity contribution is -0.152. The third-order valence-electron chi connectivity index (χ3n) is 3.21. The molecule has 0 heterocycles. The van der Waals surface area contributed by atoms with Gasteiger partial charge in [0.25, 0.3) is 0 Å². The van der Waals surface area contributed by atoms with E-state index in [4.69, 9.17) is 4.74 Å². The lowest BCUT2D eigenvalue weighted by Gasteiger charge is -2.21. The quantitative estimate of drug-likeness (QED) is 0.533. The third kappa shape index (κ3) is 5.52. The van der Waals surface area contributed by atoms with Crippen LogP contribution in [0.25, 0.3) is 0 Å². The number of carbonyl (C=O) groups is 1. The van der Waals surface area contributed by atoms with Crippen molar-refractivity contribution in [2.24, 2.45) is 5.92 Å². The van der Waals surface area contributed by atoms with Gasteiger partial charge in [0.2, 0.25) is 0 Å². The average molecular weight is 250 g/mol. The second-order valence-corrected chi connectivity index (χ2v) is 5.64. The molecule has 0 radical (unpaired) electrons. The van der Waals surface area contributed by atoms with Crippen molar-refractivity contribution < 1.29 is 9.53 Å². The highest BCUT2D eigenvalue weighted by Crippen LogP contribution is 2.27. The number of carbonyl (C=O) groups excluding carboxylic acids is 1. The topological polar surface area (TPSA) is 26.3 Å². The molecular weight excluding hydrogens is 224 g/mol. The van der Waals surface area contributed by atoms with E-state index < -0.39 is 0 Å². The van der Waals surface area contributed by atoms with Crippen LogP contribution in [0.3, 0.4) is 0 Å². The van der Waals surface area contributed by atoms with Crippen LogP contribution in [0.15, 0.2) is 23.3 Å². The second kappa shape index (κ2) is 7.40. The minimum absolute atomic E-state index is 0.000503. The Morgan fingerprint density at radius 3 is 2.72 bits per heavy atom. The summed E-state index contributed by atoms with van der Waals surface area (Å²) in [5.41, 5.74) is 2.88. The van der Waals surface area contributed by atoms with Gasteiger partial charge in [-0.2, -0.15) is 0 Å². The molecule has 0 amide bonds. The van der Waals surface area contributed by atoms with Crippen LogP contribution in [0.4, 0.5) is 0 Å². The summed E-state index contributed by atoms with van der Waals surface area (Å²) >= 11 is 0. The first-order chi connectivity index (χ1) is 8.49. The molecule has 1 atom stereocenters. The molecule has 0 saturated heterocycles. The van der Waals surface area contributed by atoms with Crippen LogP contribution in [0, 0.1) is 5.92 Å². The van der Waals surface area contributed by atoms with E-state index in [9.17, 15) is 4.79 Å². The van der Waals surface area contributed by atoms with Gasteiger partial charge in [0.05, 0.1) is 12.0 Å². The summed E-state index contributed by atoms with van der Waals surface area (Å²) in [5.74, 6) is 0.0594. The Morgan fingerprint density at radius 2 is 2.22 bits per heavy atom. The standard InChI is InChI=1S/C16H26O2/c1-12(2)6-5-7-14-8-10-15(11-9-14)16(17)18-13(3)4/h6,8,13,15H,5,7,9-11H2,1-4H3. The van der Waals surface area contributed by atoms with Crippen molar-refractivity contribution >= 4 is 5.97 Å². The first-order valence-corrected chi connectivity index (χ1v) is 7.00. The highest BCUT2D eigenvalue weighted by atomic mass is 16.5. The molecule has 0 aliphatic heterocycles. The third-order valence-corrected chi connectivity index (χ3v) is 3.21. The summed E-state index contributed by atoms with van der Waals surface area (Å²) < 4.78 is 5.26. The molecule has 102 valence electrons. The molecule has 2 nitrogen and oxygen atoms in total. The lowest BCUT2D eigenvalue weighted by atomic mass is 9.88. The van der Waals surface area contributed by atoms with Crippen LogP contribution < -0.4 is 0 Å². The molecule has 0 bridgehead atoms. The van der Waals surface area contributed by atoms with E-state index in [0.717, 1.165) is 32.1 Å². The Kier molecular flexibility index (Phi) is 6.17. The van der Waals surface area contributed by atoms with E-state index in [1.807, 2.05) is 13.8 Å². The first-order valence-electron chi connectivity index (χ1n) is 7.00. The summed E-state index contributed by atoms with van der Waals surface area (Å²) in [5, 5.41) is 0. The van der Waals surface area contributed by atoms with Gasteiger partial charge < -0.3 is 4.74 Å². The molecule has 0 N–H and O–H groups in total. The van der Waals surface area contributed by atoms with E-state index in [0.29, 0.717) is 0 Å². The number of ether oxygens (including phenoxy) is 1. The Morgan fingerprint density at radius 1 is 1.50 bits per heavy atom. The number of hydrogen-bond donors (Lipinski definition) is 0. The second-order valence-electron chi connectivity index (χ2n) is 5.64. The lowest BCUT2D eigenvalue weighted by Crippen LogP contribution is -2.22. The summed E-state index contributed by atoms with van der Waals surface area (Å²) in [6.07, 6.45) is 9.64. The van der Waals surface area contributed by atoms with Crippen LogP contribution in [-0.4, -0.2) is 12.1 Å². The fourth-order valence-corrected chi connectivity index (χ4v) is 2.20. The highest BCUT2D eigenvalue weighted by molar-refractivity contribution is 5.73. The molecule has 0 spiro atoms. The van der Waals surface area contributed by atoms with Crippen molar-refractivity contribution in [2.75, 3.05) is 0 Å². The van der Waals surface area contributed by atoms with E-state index >= 15 is 0 Å². The molecule has 1 rings (SSSR count). The van der Waals surface area contributed by atoms with Crippen molar-refractivity contribution in [2.45, 2.75) is 65.9 Å². The number of hydrogen-bond acceptors (Lipinski definition) is 2. The SMILES string of the molecule is CC(C)=CCCC1=CCC(C(=O)OC(C)C)CC1. The van der Waals surface area contributed by atoms with E-state index in [1.165, 1.54) is 11.1 Å². The Balaban J connectivity index is 2.36. The van der Waals surface area contributed by atoms with Gasteiger partial charge in [-0.25, -0.2) is 0 Å². The van der Waals surface area contributed by atoms with Crippen molar-refractivity contribution in [3.63, 3.8) is 0 Å². The molecule has 1 unspecified atom stereocenters. The van der Waals surface area contributed by atoms with Crippen molar-refractivity contribution in [3.05, 3.63) is 23.3 Å². The maximum atomic E-state index is 11.8. The predicted octanol–water partition coefficient (Wildman–Crippen LogP) is 4.41. The van der Waals surface area contributed by atoms with E-state index in [2.05, 4.69) is 26.0 Å².